The maximum atomic E-state index is 12.6. The van der Waals surface area contributed by atoms with Crippen molar-refractivity contribution < 1.29 is 19.2 Å². The van der Waals surface area contributed by atoms with Gasteiger partial charge in [-0.3, -0.25) is 14.9 Å². The minimum absolute atomic E-state index is 0.131. The monoisotopic (exact) mass is 295 g/mol. The number of hydrogen-bond acceptors (Lipinski definition) is 5. The number of nitro groups is 1. The summed E-state index contributed by atoms with van der Waals surface area (Å²) in [5.41, 5.74) is 0.0917. The Balaban J connectivity index is 2.31. The number of nitrogens with zero attached hydrogens (tertiary/aromatic N) is 3. The first-order valence-corrected chi connectivity index (χ1v) is 6.73. The van der Waals surface area contributed by atoms with Gasteiger partial charge in [0.1, 0.15) is 11.7 Å². The summed E-state index contributed by atoms with van der Waals surface area (Å²) >= 11 is 0. The molecule has 2 rings (SSSR count). The van der Waals surface area contributed by atoms with Gasteiger partial charge in [-0.1, -0.05) is 0 Å². The van der Waals surface area contributed by atoms with Gasteiger partial charge in [0.2, 0.25) is 0 Å². The molecule has 1 saturated heterocycles. The Labute approximate surface area is 121 Å². The quantitative estimate of drug-likeness (QED) is 0.472. The molecule has 114 valence electrons. The predicted octanol–water partition coefficient (Wildman–Crippen LogP) is 1.19. The zero-order valence-electron chi connectivity index (χ0n) is 11.9. The first-order valence-electron chi connectivity index (χ1n) is 6.73. The number of ether oxygens (including phenoxy) is 1. The van der Waals surface area contributed by atoms with E-state index < -0.39 is 16.9 Å². The Bertz CT molecular complexity index is 580. The summed E-state index contributed by atoms with van der Waals surface area (Å²) < 4.78 is 6.22. The van der Waals surface area contributed by atoms with Crippen LogP contribution in [-0.4, -0.2) is 46.0 Å². The second-order valence-corrected chi connectivity index (χ2v) is 4.81. The molecule has 0 radical (unpaired) electrons. The fraction of sp³-hybridized carbons (Fsp3) is 0.538. The molecule has 0 bridgehead atoms. The topological polar surface area (TPSA) is 94.7 Å². The molecule has 1 unspecified atom stereocenters. The number of rotatable bonds is 4. The van der Waals surface area contributed by atoms with E-state index in [1.807, 2.05) is 0 Å². The normalized spacial score (nSPS) is 17.8. The highest BCUT2D eigenvalue weighted by Gasteiger charge is 2.36. The lowest BCUT2D eigenvalue weighted by atomic mass is 10.2. The van der Waals surface area contributed by atoms with E-state index in [1.165, 1.54) is 28.8 Å². The van der Waals surface area contributed by atoms with Crippen molar-refractivity contribution in [2.45, 2.75) is 32.4 Å². The number of hydrogen-bond donors (Lipinski definition) is 0. The molecule has 8 nitrogen and oxygen atoms in total. The average Bonchev–Trinajstić information content (AvgIpc) is 3.11. The first-order chi connectivity index (χ1) is 9.99. The molecule has 1 atom stereocenters. The van der Waals surface area contributed by atoms with E-state index in [4.69, 9.17) is 4.74 Å². The van der Waals surface area contributed by atoms with Crippen LogP contribution in [0, 0.1) is 10.1 Å². The van der Waals surface area contributed by atoms with Gasteiger partial charge >= 0.3 is 5.97 Å². The van der Waals surface area contributed by atoms with Crippen molar-refractivity contribution in [3.63, 3.8) is 0 Å². The summed E-state index contributed by atoms with van der Waals surface area (Å²) in [6.45, 7) is 2.68. The van der Waals surface area contributed by atoms with Crippen LogP contribution >= 0.6 is 0 Å². The minimum atomic E-state index is -0.609. The summed E-state index contributed by atoms with van der Waals surface area (Å²) in [6, 6.07) is 0.639. The Kier molecular flexibility index (Phi) is 4.25. The van der Waals surface area contributed by atoms with Crippen molar-refractivity contribution in [2.24, 2.45) is 0 Å². The van der Waals surface area contributed by atoms with Gasteiger partial charge in [0.15, 0.2) is 0 Å². The van der Waals surface area contributed by atoms with Crippen LogP contribution in [0.25, 0.3) is 0 Å². The van der Waals surface area contributed by atoms with E-state index >= 15 is 0 Å². The molecule has 8 heteroatoms. The van der Waals surface area contributed by atoms with E-state index in [1.54, 1.807) is 6.92 Å². The minimum Gasteiger partial charge on any atom is -0.467 e. The number of methoxy groups -OCH3 is 1. The highest BCUT2D eigenvalue weighted by molar-refractivity contribution is 5.96. The van der Waals surface area contributed by atoms with Gasteiger partial charge in [0.25, 0.3) is 11.6 Å². The zero-order valence-corrected chi connectivity index (χ0v) is 11.9. The van der Waals surface area contributed by atoms with Crippen molar-refractivity contribution >= 4 is 17.6 Å². The number of amides is 1. The molecule has 0 aromatic carbocycles. The second-order valence-electron chi connectivity index (χ2n) is 4.81. The molecule has 1 aliphatic heterocycles. The van der Waals surface area contributed by atoms with Gasteiger partial charge in [-0.25, -0.2) is 4.79 Å². The molecular weight excluding hydrogens is 278 g/mol. The van der Waals surface area contributed by atoms with Gasteiger partial charge in [0, 0.05) is 19.2 Å². The van der Waals surface area contributed by atoms with Crippen molar-refractivity contribution in [3.8, 4) is 0 Å². The number of carbonyl (C=O) groups excluding carboxylic acids is 2. The van der Waals surface area contributed by atoms with E-state index in [9.17, 15) is 19.7 Å². The summed E-state index contributed by atoms with van der Waals surface area (Å²) in [6.07, 6.45) is 2.59. The number of likely N-dealkylation sites (tertiary alicyclic amines) is 1. The lowest BCUT2D eigenvalue weighted by Crippen LogP contribution is -2.41. The van der Waals surface area contributed by atoms with Crippen molar-refractivity contribution in [1.82, 2.24) is 9.47 Å². The summed E-state index contributed by atoms with van der Waals surface area (Å²) in [5, 5.41) is 10.8. The highest BCUT2D eigenvalue weighted by atomic mass is 16.6. The van der Waals surface area contributed by atoms with Gasteiger partial charge < -0.3 is 14.2 Å². The standard InChI is InChI=1S/C13H17N3O5/c1-3-14-8-9(16(19)20)7-11(14)12(17)15-6-4-5-10(15)13(18)21-2/h7-8,10H,3-6H2,1-2H3. The van der Waals surface area contributed by atoms with Crippen LogP contribution in [0.3, 0.4) is 0 Å². The van der Waals surface area contributed by atoms with Crippen LogP contribution in [0.1, 0.15) is 30.3 Å². The summed E-state index contributed by atoms with van der Waals surface area (Å²) in [4.78, 5) is 36.0. The van der Waals surface area contributed by atoms with Crippen LogP contribution in [-0.2, 0) is 16.1 Å². The second kappa shape index (κ2) is 5.94. The smallest absolute Gasteiger partial charge is 0.328 e. The molecule has 0 spiro atoms. The molecule has 2 heterocycles. The third-order valence-electron chi connectivity index (χ3n) is 3.64. The summed E-state index contributed by atoms with van der Waals surface area (Å²) in [7, 11) is 1.28. The molecule has 1 fully saturated rings. The molecule has 0 N–H and O–H groups in total. The first kappa shape index (κ1) is 15.0. The third-order valence-corrected chi connectivity index (χ3v) is 3.64. The van der Waals surface area contributed by atoms with Crippen molar-refractivity contribution in [3.05, 3.63) is 28.1 Å². The van der Waals surface area contributed by atoms with Crippen molar-refractivity contribution in [2.75, 3.05) is 13.7 Å². The van der Waals surface area contributed by atoms with Gasteiger partial charge in [-0.05, 0) is 19.8 Å². The fourth-order valence-electron chi connectivity index (χ4n) is 2.57. The van der Waals surface area contributed by atoms with Gasteiger partial charge in [0.05, 0.1) is 18.2 Å². The van der Waals surface area contributed by atoms with Crippen LogP contribution in [0.5, 0.6) is 0 Å². The number of esters is 1. The largest absolute Gasteiger partial charge is 0.467 e. The lowest BCUT2D eigenvalue weighted by Gasteiger charge is -2.22. The van der Waals surface area contributed by atoms with E-state index in [-0.39, 0.29) is 17.3 Å². The Morgan fingerprint density at radius 1 is 1.52 bits per heavy atom. The molecule has 21 heavy (non-hydrogen) atoms. The van der Waals surface area contributed by atoms with Crippen LogP contribution < -0.4 is 0 Å². The highest BCUT2D eigenvalue weighted by Crippen LogP contribution is 2.24. The third kappa shape index (κ3) is 2.74. The van der Waals surface area contributed by atoms with Gasteiger partial charge in [-0.2, -0.15) is 0 Å². The maximum absolute atomic E-state index is 12.6. The number of aromatic nitrogens is 1. The predicted molar refractivity (Wildman–Crippen MR) is 72.8 cm³/mol. The Morgan fingerprint density at radius 2 is 2.24 bits per heavy atom. The summed E-state index contributed by atoms with van der Waals surface area (Å²) in [5.74, 6) is -0.831. The van der Waals surface area contributed by atoms with Crippen LogP contribution in [0.4, 0.5) is 5.69 Å². The Hall–Kier alpha value is -2.38. The van der Waals surface area contributed by atoms with Crippen LogP contribution in [0.2, 0.25) is 0 Å². The molecule has 1 amide bonds. The molecule has 1 aliphatic rings. The SMILES string of the molecule is CCn1cc([N+](=O)[O-])cc1C(=O)N1CCCC1C(=O)OC. The van der Waals surface area contributed by atoms with E-state index in [0.29, 0.717) is 25.9 Å². The average molecular weight is 295 g/mol. The molecular formula is C13H17N3O5. The maximum Gasteiger partial charge on any atom is 0.328 e. The fourth-order valence-corrected chi connectivity index (χ4v) is 2.57. The Morgan fingerprint density at radius 3 is 2.81 bits per heavy atom. The van der Waals surface area contributed by atoms with Crippen LogP contribution in [0.15, 0.2) is 12.3 Å². The zero-order chi connectivity index (χ0) is 15.6. The van der Waals surface area contributed by atoms with E-state index in [2.05, 4.69) is 0 Å². The number of aryl methyl sites for hydroxylation is 1. The van der Waals surface area contributed by atoms with Crippen molar-refractivity contribution in [1.29, 1.82) is 0 Å². The molecule has 1 aromatic rings. The lowest BCUT2D eigenvalue weighted by molar-refractivity contribution is -0.384. The number of carbonyl (C=O) groups is 2. The molecule has 0 aliphatic carbocycles. The molecule has 0 saturated carbocycles. The van der Waals surface area contributed by atoms with E-state index in [0.717, 1.165) is 0 Å². The van der Waals surface area contributed by atoms with Gasteiger partial charge in [-0.15, -0.1) is 0 Å². The molecule has 1 aromatic heterocycles.